The molecule has 1 N–H and O–H groups in total. The zero-order valence-electron chi connectivity index (χ0n) is 16.5. The number of nitrogens with zero attached hydrogens (tertiary/aromatic N) is 1. The van der Waals surface area contributed by atoms with Crippen LogP contribution < -0.4 is 10.1 Å². The van der Waals surface area contributed by atoms with E-state index in [1.807, 2.05) is 42.7 Å². The van der Waals surface area contributed by atoms with Crippen molar-refractivity contribution in [3.63, 3.8) is 0 Å². The summed E-state index contributed by atoms with van der Waals surface area (Å²) in [7, 11) is 5.44. The quantitative estimate of drug-likeness (QED) is 0.453. The number of methoxy groups -OCH3 is 1. The lowest BCUT2D eigenvalue weighted by atomic mass is 9.98. The molecule has 0 aliphatic rings. The number of benzene rings is 3. The van der Waals surface area contributed by atoms with Crippen LogP contribution in [-0.4, -0.2) is 37.2 Å². The maximum Gasteiger partial charge on any atom is 0.256 e. The Bertz CT molecular complexity index is 1020. The standard InChI is InChI=1S/C23H22N2O3S/c1-25(2)29-17-13-14-21(28-3)20(15-17)24-23(27)19-12-8-7-11-18(19)22(26)16-9-5-4-6-10-16/h4-15H,1-3H3,(H,24,27). The molecule has 0 atom stereocenters. The highest BCUT2D eigenvalue weighted by Gasteiger charge is 2.19. The van der Waals surface area contributed by atoms with Crippen molar-refractivity contribution in [2.75, 3.05) is 26.5 Å². The second kappa shape index (κ2) is 9.41. The van der Waals surface area contributed by atoms with Crippen molar-refractivity contribution < 1.29 is 14.3 Å². The first-order valence-electron chi connectivity index (χ1n) is 9.03. The molecule has 1 amide bonds. The Morgan fingerprint density at radius 3 is 2.21 bits per heavy atom. The second-order valence-electron chi connectivity index (χ2n) is 6.46. The summed E-state index contributed by atoms with van der Waals surface area (Å²) in [4.78, 5) is 26.9. The van der Waals surface area contributed by atoms with E-state index in [1.54, 1.807) is 55.6 Å². The molecule has 0 aromatic heterocycles. The molecule has 0 bridgehead atoms. The summed E-state index contributed by atoms with van der Waals surface area (Å²) in [5, 5.41) is 2.89. The Labute approximate surface area is 174 Å². The second-order valence-corrected chi connectivity index (χ2v) is 7.84. The predicted octanol–water partition coefficient (Wildman–Crippen LogP) is 4.75. The number of nitrogens with one attached hydrogen (secondary N) is 1. The van der Waals surface area contributed by atoms with Crippen LogP contribution >= 0.6 is 11.9 Å². The number of rotatable bonds is 7. The monoisotopic (exact) mass is 406 g/mol. The van der Waals surface area contributed by atoms with Crippen LogP contribution in [0, 0.1) is 0 Å². The van der Waals surface area contributed by atoms with E-state index in [2.05, 4.69) is 5.32 Å². The van der Waals surface area contributed by atoms with E-state index in [0.717, 1.165) is 4.90 Å². The molecule has 0 saturated carbocycles. The predicted molar refractivity (Wildman–Crippen MR) is 117 cm³/mol. The van der Waals surface area contributed by atoms with Crippen molar-refractivity contribution in [1.29, 1.82) is 0 Å². The molecule has 3 rings (SSSR count). The van der Waals surface area contributed by atoms with Crippen molar-refractivity contribution in [2.24, 2.45) is 0 Å². The topological polar surface area (TPSA) is 58.6 Å². The Hall–Kier alpha value is -3.09. The summed E-state index contributed by atoms with van der Waals surface area (Å²) in [5.74, 6) is -0.0104. The number of hydrogen-bond donors (Lipinski definition) is 1. The van der Waals surface area contributed by atoms with Crippen LogP contribution in [0.2, 0.25) is 0 Å². The Balaban J connectivity index is 1.92. The highest BCUT2D eigenvalue weighted by Crippen LogP contribution is 2.31. The molecule has 0 heterocycles. The fourth-order valence-corrected chi connectivity index (χ4v) is 3.59. The van der Waals surface area contributed by atoms with E-state index in [0.29, 0.717) is 28.1 Å². The zero-order chi connectivity index (χ0) is 20.8. The summed E-state index contributed by atoms with van der Waals surface area (Å²) < 4.78 is 7.34. The van der Waals surface area contributed by atoms with Gasteiger partial charge in [0.2, 0.25) is 0 Å². The minimum absolute atomic E-state index is 0.194. The number of ether oxygens (including phenoxy) is 1. The van der Waals surface area contributed by atoms with Gasteiger partial charge in [-0.1, -0.05) is 48.5 Å². The van der Waals surface area contributed by atoms with Crippen LogP contribution in [0.15, 0.2) is 77.7 Å². The average molecular weight is 407 g/mol. The van der Waals surface area contributed by atoms with Crippen molar-refractivity contribution in [1.82, 2.24) is 4.31 Å². The van der Waals surface area contributed by atoms with Crippen LogP contribution in [-0.2, 0) is 0 Å². The molecule has 3 aromatic rings. The van der Waals surface area contributed by atoms with Gasteiger partial charge in [0, 0.05) is 16.0 Å². The van der Waals surface area contributed by atoms with Crippen LogP contribution in [0.3, 0.4) is 0 Å². The minimum atomic E-state index is -0.366. The molecule has 3 aromatic carbocycles. The zero-order valence-corrected chi connectivity index (χ0v) is 17.3. The first kappa shape index (κ1) is 20.6. The molecule has 0 spiro atoms. The molecule has 0 saturated heterocycles. The molecule has 0 radical (unpaired) electrons. The van der Waals surface area contributed by atoms with Gasteiger partial charge >= 0.3 is 0 Å². The molecule has 29 heavy (non-hydrogen) atoms. The number of ketones is 1. The summed E-state index contributed by atoms with van der Waals surface area (Å²) in [6.45, 7) is 0. The summed E-state index contributed by atoms with van der Waals surface area (Å²) in [6, 6.07) is 21.3. The minimum Gasteiger partial charge on any atom is -0.495 e. The van der Waals surface area contributed by atoms with Crippen molar-refractivity contribution in [3.05, 3.63) is 89.5 Å². The molecule has 0 aliphatic carbocycles. The molecule has 148 valence electrons. The fraction of sp³-hybridized carbons (Fsp3) is 0.130. The van der Waals surface area contributed by atoms with E-state index in [9.17, 15) is 9.59 Å². The lowest BCUT2D eigenvalue weighted by Gasteiger charge is -2.15. The fourth-order valence-electron chi connectivity index (χ4n) is 2.87. The van der Waals surface area contributed by atoms with Gasteiger partial charge in [-0.3, -0.25) is 13.9 Å². The first-order valence-corrected chi connectivity index (χ1v) is 9.80. The third-order valence-corrected chi connectivity index (χ3v) is 4.99. The van der Waals surface area contributed by atoms with Crippen molar-refractivity contribution in [3.8, 4) is 5.75 Å². The number of amides is 1. The number of carbonyl (C=O) groups is 2. The van der Waals surface area contributed by atoms with Crippen LogP contribution in [0.25, 0.3) is 0 Å². The molecule has 5 nitrogen and oxygen atoms in total. The summed E-state index contributed by atoms with van der Waals surface area (Å²) in [6.07, 6.45) is 0. The van der Waals surface area contributed by atoms with Gasteiger partial charge in [-0.05, 0) is 50.3 Å². The largest absolute Gasteiger partial charge is 0.495 e. The molecule has 6 heteroatoms. The molecule has 0 aliphatic heterocycles. The van der Waals surface area contributed by atoms with E-state index in [4.69, 9.17) is 4.74 Å². The van der Waals surface area contributed by atoms with Gasteiger partial charge in [-0.2, -0.15) is 0 Å². The third kappa shape index (κ3) is 5.04. The van der Waals surface area contributed by atoms with Crippen LogP contribution in [0.4, 0.5) is 5.69 Å². The van der Waals surface area contributed by atoms with E-state index >= 15 is 0 Å². The van der Waals surface area contributed by atoms with E-state index in [1.165, 1.54) is 11.9 Å². The highest BCUT2D eigenvalue weighted by molar-refractivity contribution is 7.97. The van der Waals surface area contributed by atoms with Gasteiger partial charge < -0.3 is 10.1 Å². The number of hydrogen-bond acceptors (Lipinski definition) is 5. The number of anilines is 1. The first-order chi connectivity index (χ1) is 14.0. The molecular formula is C23H22N2O3S. The maximum absolute atomic E-state index is 13.0. The third-order valence-electron chi connectivity index (χ3n) is 4.16. The summed E-state index contributed by atoms with van der Waals surface area (Å²) >= 11 is 1.53. The van der Waals surface area contributed by atoms with E-state index < -0.39 is 0 Å². The maximum atomic E-state index is 13.0. The Morgan fingerprint density at radius 1 is 0.897 bits per heavy atom. The van der Waals surface area contributed by atoms with Gasteiger partial charge in [0.15, 0.2) is 5.78 Å². The van der Waals surface area contributed by atoms with Crippen molar-refractivity contribution in [2.45, 2.75) is 4.90 Å². The SMILES string of the molecule is COc1ccc(SN(C)C)cc1NC(=O)c1ccccc1C(=O)c1ccccc1. The van der Waals surface area contributed by atoms with Gasteiger partial charge in [0.05, 0.1) is 18.4 Å². The van der Waals surface area contributed by atoms with Gasteiger partial charge in [0.1, 0.15) is 5.75 Å². The molecular weight excluding hydrogens is 384 g/mol. The lowest BCUT2D eigenvalue weighted by Crippen LogP contribution is -2.17. The van der Waals surface area contributed by atoms with Crippen molar-refractivity contribution >= 4 is 29.3 Å². The van der Waals surface area contributed by atoms with Crippen LogP contribution in [0.5, 0.6) is 5.75 Å². The molecule has 0 fully saturated rings. The van der Waals surface area contributed by atoms with Gasteiger partial charge in [-0.15, -0.1) is 0 Å². The average Bonchev–Trinajstić information content (AvgIpc) is 2.73. The van der Waals surface area contributed by atoms with Gasteiger partial charge in [-0.25, -0.2) is 0 Å². The Kier molecular flexibility index (Phi) is 6.69. The van der Waals surface area contributed by atoms with Gasteiger partial charge in [0.25, 0.3) is 5.91 Å². The lowest BCUT2D eigenvalue weighted by molar-refractivity contribution is 0.0996. The smallest absolute Gasteiger partial charge is 0.256 e. The Morgan fingerprint density at radius 2 is 1.55 bits per heavy atom. The summed E-state index contributed by atoms with van der Waals surface area (Å²) in [5.41, 5.74) is 1.75. The van der Waals surface area contributed by atoms with E-state index in [-0.39, 0.29) is 11.7 Å². The normalized spacial score (nSPS) is 10.6. The van der Waals surface area contributed by atoms with Crippen LogP contribution in [0.1, 0.15) is 26.3 Å². The highest BCUT2D eigenvalue weighted by atomic mass is 32.2. The number of carbonyl (C=O) groups excluding carboxylic acids is 2. The molecule has 0 unspecified atom stereocenters.